The molecule has 0 radical (unpaired) electrons. The molecule has 1 N–H and O–H groups in total. The zero-order chi connectivity index (χ0) is 21.3. The number of amides is 1. The van der Waals surface area contributed by atoms with Crippen LogP contribution >= 0.6 is 0 Å². The first-order chi connectivity index (χ1) is 13.3. The largest absolute Gasteiger partial charge is 0.444 e. The van der Waals surface area contributed by atoms with E-state index in [0.717, 1.165) is 44.8 Å². The SMILES string of the molecule is CCCCCCCCC(CC=O)(CCCCCCCC)NC(=O)OC(C)(C)C. The topological polar surface area (TPSA) is 55.4 Å². The molecule has 0 aliphatic carbocycles. The van der Waals surface area contributed by atoms with Gasteiger partial charge in [0.15, 0.2) is 0 Å². The molecule has 0 rings (SSSR count). The average Bonchev–Trinajstić information content (AvgIpc) is 2.59. The number of hydrogen-bond acceptors (Lipinski definition) is 3. The highest BCUT2D eigenvalue weighted by molar-refractivity contribution is 5.69. The Bertz CT molecular complexity index is 385. The van der Waals surface area contributed by atoms with Crippen LogP contribution in [0.15, 0.2) is 0 Å². The van der Waals surface area contributed by atoms with Crippen molar-refractivity contribution in [3.05, 3.63) is 0 Å². The lowest BCUT2D eigenvalue weighted by Crippen LogP contribution is -2.50. The van der Waals surface area contributed by atoms with Crippen molar-refractivity contribution in [3.63, 3.8) is 0 Å². The van der Waals surface area contributed by atoms with Crippen molar-refractivity contribution in [2.75, 3.05) is 0 Å². The average molecular weight is 398 g/mol. The van der Waals surface area contributed by atoms with Crippen LogP contribution in [-0.2, 0) is 9.53 Å². The van der Waals surface area contributed by atoms with Crippen LogP contribution in [0.5, 0.6) is 0 Å². The summed E-state index contributed by atoms with van der Waals surface area (Å²) in [5.74, 6) is 0. The van der Waals surface area contributed by atoms with Gasteiger partial charge < -0.3 is 14.8 Å². The van der Waals surface area contributed by atoms with Crippen LogP contribution in [0.25, 0.3) is 0 Å². The molecule has 1 amide bonds. The molecule has 0 atom stereocenters. The standard InChI is InChI=1S/C24H47NO3/c1-6-8-10-12-14-16-18-24(20-21-26,19-17-15-13-11-9-7-2)25-22(27)28-23(3,4)5/h21H,6-20H2,1-5H3,(H,25,27). The summed E-state index contributed by atoms with van der Waals surface area (Å²) in [6.45, 7) is 10.1. The van der Waals surface area contributed by atoms with Crippen LogP contribution < -0.4 is 5.32 Å². The van der Waals surface area contributed by atoms with Crippen LogP contribution in [0.2, 0.25) is 0 Å². The molecule has 166 valence electrons. The zero-order valence-electron chi connectivity index (χ0n) is 19.4. The maximum Gasteiger partial charge on any atom is 0.408 e. The lowest BCUT2D eigenvalue weighted by atomic mass is 9.83. The van der Waals surface area contributed by atoms with Gasteiger partial charge >= 0.3 is 6.09 Å². The highest BCUT2D eigenvalue weighted by Crippen LogP contribution is 2.27. The van der Waals surface area contributed by atoms with Gasteiger partial charge in [-0.2, -0.15) is 0 Å². The molecule has 0 heterocycles. The smallest absolute Gasteiger partial charge is 0.408 e. The van der Waals surface area contributed by atoms with Crippen molar-refractivity contribution >= 4 is 12.4 Å². The number of nitrogens with one attached hydrogen (secondary N) is 1. The van der Waals surface area contributed by atoms with E-state index in [0.29, 0.717) is 6.42 Å². The van der Waals surface area contributed by atoms with Crippen LogP contribution in [-0.4, -0.2) is 23.5 Å². The van der Waals surface area contributed by atoms with E-state index in [2.05, 4.69) is 19.2 Å². The lowest BCUT2D eigenvalue weighted by Gasteiger charge is -2.34. The number of hydrogen-bond donors (Lipinski definition) is 1. The molecule has 0 aromatic carbocycles. The molecule has 0 spiro atoms. The number of carbonyl (C=O) groups excluding carboxylic acids is 2. The van der Waals surface area contributed by atoms with E-state index >= 15 is 0 Å². The van der Waals surface area contributed by atoms with Gasteiger partial charge in [-0.05, 0) is 33.6 Å². The second-order valence-corrected chi connectivity index (χ2v) is 9.31. The van der Waals surface area contributed by atoms with E-state index in [1.54, 1.807) is 0 Å². The summed E-state index contributed by atoms with van der Waals surface area (Å²) < 4.78 is 5.49. The lowest BCUT2D eigenvalue weighted by molar-refractivity contribution is -0.109. The fourth-order valence-corrected chi connectivity index (χ4v) is 3.67. The molecular formula is C24H47NO3. The monoisotopic (exact) mass is 397 g/mol. The molecule has 0 bridgehead atoms. The third kappa shape index (κ3) is 14.9. The number of unbranched alkanes of at least 4 members (excludes halogenated alkanes) is 10. The van der Waals surface area contributed by atoms with Gasteiger partial charge in [0.1, 0.15) is 11.9 Å². The van der Waals surface area contributed by atoms with Crippen molar-refractivity contribution in [3.8, 4) is 0 Å². The van der Waals surface area contributed by atoms with Gasteiger partial charge in [0.25, 0.3) is 0 Å². The molecule has 0 aromatic heterocycles. The van der Waals surface area contributed by atoms with Gasteiger partial charge in [-0.3, -0.25) is 0 Å². The normalized spacial score (nSPS) is 12.0. The third-order valence-corrected chi connectivity index (χ3v) is 5.26. The van der Waals surface area contributed by atoms with E-state index in [1.807, 2.05) is 20.8 Å². The number of alkyl carbamates (subject to hydrolysis) is 1. The minimum Gasteiger partial charge on any atom is -0.444 e. The molecule has 0 aliphatic rings. The summed E-state index contributed by atoms with van der Waals surface area (Å²) >= 11 is 0. The van der Waals surface area contributed by atoms with Crippen molar-refractivity contribution in [2.24, 2.45) is 0 Å². The first kappa shape index (κ1) is 26.9. The van der Waals surface area contributed by atoms with Gasteiger partial charge in [0.2, 0.25) is 0 Å². The van der Waals surface area contributed by atoms with Crippen LogP contribution in [0.3, 0.4) is 0 Å². The summed E-state index contributed by atoms with van der Waals surface area (Å²) in [6.07, 6.45) is 17.1. The third-order valence-electron chi connectivity index (χ3n) is 5.26. The molecule has 4 heteroatoms. The van der Waals surface area contributed by atoms with Gasteiger partial charge in [-0.15, -0.1) is 0 Å². The fourth-order valence-electron chi connectivity index (χ4n) is 3.67. The Balaban J connectivity index is 4.78. The van der Waals surface area contributed by atoms with Crippen molar-refractivity contribution in [1.29, 1.82) is 0 Å². The number of rotatable bonds is 17. The van der Waals surface area contributed by atoms with E-state index < -0.39 is 17.2 Å². The van der Waals surface area contributed by atoms with Gasteiger partial charge in [-0.1, -0.05) is 90.9 Å². The first-order valence-corrected chi connectivity index (χ1v) is 11.7. The van der Waals surface area contributed by atoms with Gasteiger partial charge in [0.05, 0.1) is 0 Å². The highest BCUT2D eigenvalue weighted by atomic mass is 16.6. The Kier molecular flexibility index (Phi) is 15.2. The number of ether oxygens (including phenoxy) is 1. The van der Waals surface area contributed by atoms with E-state index in [4.69, 9.17) is 4.74 Å². The molecule has 0 saturated carbocycles. The quantitative estimate of drug-likeness (QED) is 0.206. The second kappa shape index (κ2) is 15.8. The van der Waals surface area contributed by atoms with Crippen LogP contribution in [0, 0.1) is 0 Å². The Hall–Kier alpha value is -1.06. The van der Waals surface area contributed by atoms with Crippen molar-refractivity contribution < 1.29 is 14.3 Å². The Morgan fingerprint density at radius 3 is 1.61 bits per heavy atom. The number of carbonyl (C=O) groups is 2. The minimum absolute atomic E-state index is 0.371. The first-order valence-electron chi connectivity index (χ1n) is 11.7. The number of aldehydes is 1. The fraction of sp³-hybridized carbons (Fsp3) is 0.917. The summed E-state index contributed by atoms with van der Waals surface area (Å²) in [7, 11) is 0. The maximum absolute atomic E-state index is 12.4. The maximum atomic E-state index is 12.4. The summed E-state index contributed by atoms with van der Waals surface area (Å²) in [6, 6.07) is 0. The molecule has 28 heavy (non-hydrogen) atoms. The second-order valence-electron chi connectivity index (χ2n) is 9.31. The van der Waals surface area contributed by atoms with Crippen LogP contribution in [0.1, 0.15) is 131 Å². The molecule has 0 aliphatic heterocycles. The Labute approximate surface area is 174 Å². The van der Waals surface area contributed by atoms with E-state index in [-0.39, 0.29) is 0 Å². The summed E-state index contributed by atoms with van der Waals surface area (Å²) in [5, 5.41) is 3.10. The molecule has 0 aromatic rings. The van der Waals surface area contributed by atoms with Crippen molar-refractivity contribution in [1.82, 2.24) is 5.32 Å². The molecule has 0 saturated heterocycles. The van der Waals surface area contributed by atoms with E-state index in [1.165, 1.54) is 51.4 Å². The Morgan fingerprint density at radius 1 is 0.786 bits per heavy atom. The predicted molar refractivity (Wildman–Crippen MR) is 119 cm³/mol. The summed E-state index contributed by atoms with van der Waals surface area (Å²) in [4.78, 5) is 23.9. The van der Waals surface area contributed by atoms with Crippen LogP contribution in [0.4, 0.5) is 4.79 Å². The molecule has 0 fully saturated rings. The van der Waals surface area contributed by atoms with Crippen molar-refractivity contribution in [2.45, 2.75) is 142 Å². The molecule has 4 nitrogen and oxygen atoms in total. The highest BCUT2D eigenvalue weighted by Gasteiger charge is 2.32. The molecule has 0 unspecified atom stereocenters. The molecular weight excluding hydrogens is 350 g/mol. The summed E-state index contributed by atoms with van der Waals surface area (Å²) in [5.41, 5.74) is -0.989. The predicted octanol–water partition coefficient (Wildman–Crippen LogP) is 7.34. The Morgan fingerprint density at radius 2 is 1.21 bits per heavy atom. The van der Waals surface area contributed by atoms with Gasteiger partial charge in [0, 0.05) is 12.0 Å². The van der Waals surface area contributed by atoms with Gasteiger partial charge in [-0.25, -0.2) is 4.79 Å². The van der Waals surface area contributed by atoms with E-state index in [9.17, 15) is 9.59 Å². The zero-order valence-corrected chi connectivity index (χ0v) is 19.4. The minimum atomic E-state index is -0.530.